The highest BCUT2D eigenvalue weighted by atomic mass is 32.1. The van der Waals surface area contributed by atoms with Crippen molar-refractivity contribution in [2.45, 2.75) is 19.4 Å². The van der Waals surface area contributed by atoms with Gasteiger partial charge in [-0.3, -0.25) is 9.69 Å². The summed E-state index contributed by atoms with van der Waals surface area (Å²) in [5.74, 6) is 1.42. The van der Waals surface area contributed by atoms with E-state index in [0.29, 0.717) is 16.4 Å². The lowest BCUT2D eigenvalue weighted by atomic mass is 10.2. The molecule has 1 N–H and O–H groups in total. The van der Waals surface area contributed by atoms with E-state index >= 15 is 0 Å². The zero-order valence-electron chi connectivity index (χ0n) is 17.2. The fourth-order valence-corrected chi connectivity index (χ4v) is 4.57. The van der Waals surface area contributed by atoms with Crippen LogP contribution in [0, 0.1) is 0 Å². The van der Waals surface area contributed by atoms with Crippen molar-refractivity contribution >= 4 is 22.9 Å². The first-order chi connectivity index (χ1) is 14.6. The highest BCUT2D eigenvalue weighted by molar-refractivity contribution is 7.13. The minimum atomic E-state index is -0.172. The van der Waals surface area contributed by atoms with Crippen molar-refractivity contribution < 1.29 is 14.3 Å². The molecular weight excluding hydrogens is 398 g/mol. The molecule has 0 saturated carbocycles. The van der Waals surface area contributed by atoms with Gasteiger partial charge in [-0.05, 0) is 36.2 Å². The molecule has 3 aromatic rings. The number of rotatable bonds is 6. The summed E-state index contributed by atoms with van der Waals surface area (Å²) < 4.78 is 10.5. The zero-order valence-corrected chi connectivity index (χ0v) is 18.0. The summed E-state index contributed by atoms with van der Waals surface area (Å²) in [6.07, 6.45) is 1.76. The van der Waals surface area contributed by atoms with Gasteiger partial charge in [-0.25, -0.2) is 4.98 Å². The van der Waals surface area contributed by atoms with E-state index in [1.165, 1.54) is 21.8 Å². The van der Waals surface area contributed by atoms with E-state index in [2.05, 4.69) is 27.3 Å². The summed E-state index contributed by atoms with van der Waals surface area (Å²) in [4.78, 5) is 20.9. The van der Waals surface area contributed by atoms with Crippen LogP contribution in [0.4, 0.5) is 5.69 Å². The molecule has 0 bridgehead atoms. The molecule has 1 aromatic heterocycles. The molecule has 156 valence electrons. The van der Waals surface area contributed by atoms with Gasteiger partial charge in [-0.15, -0.1) is 11.3 Å². The lowest BCUT2D eigenvalue weighted by Crippen LogP contribution is -2.26. The molecule has 0 radical (unpaired) electrons. The molecular formula is C23H25N3O3S. The van der Waals surface area contributed by atoms with Gasteiger partial charge in [0.15, 0.2) is 5.01 Å². The Bertz CT molecular complexity index is 1010. The van der Waals surface area contributed by atoms with E-state index < -0.39 is 0 Å². The number of methoxy groups -OCH3 is 2. The van der Waals surface area contributed by atoms with Crippen LogP contribution >= 0.6 is 11.3 Å². The lowest BCUT2D eigenvalue weighted by Gasteiger charge is -2.20. The Kier molecular flexibility index (Phi) is 6.30. The fourth-order valence-electron chi connectivity index (χ4n) is 3.58. The minimum Gasteiger partial charge on any atom is -0.497 e. The second kappa shape index (κ2) is 9.28. The molecule has 0 fully saturated rings. The number of nitrogens with one attached hydrogen (secondary N) is 1. The second-order valence-corrected chi connectivity index (χ2v) is 8.29. The summed E-state index contributed by atoms with van der Waals surface area (Å²) in [5.41, 5.74) is 2.99. The van der Waals surface area contributed by atoms with Crippen LogP contribution in [0.3, 0.4) is 0 Å². The van der Waals surface area contributed by atoms with E-state index in [1.54, 1.807) is 20.3 Å². The van der Waals surface area contributed by atoms with Crippen LogP contribution in [-0.4, -0.2) is 43.1 Å². The first-order valence-corrected chi connectivity index (χ1v) is 10.8. The first kappa shape index (κ1) is 20.4. The number of anilines is 1. The number of carbonyl (C=O) groups is 1. The van der Waals surface area contributed by atoms with Crippen molar-refractivity contribution in [3.63, 3.8) is 0 Å². The molecule has 2 heterocycles. The van der Waals surface area contributed by atoms with Gasteiger partial charge in [0, 0.05) is 42.7 Å². The van der Waals surface area contributed by atoms with Gasteiger partial charge in [-0.2, -0.15) is 0 Å². The van der Waals surface area contributed by atoms with Crippen molar-refractivity contribution in [3.8, 4) is 11.5 Å². The standard InChI is InChI=1S/C23H25N3O3S/c1-28-18-7-3-5-16(13-18)15-26-11-9-20-21(10-12-26)30-23(25-20)22(27)24-17-6-4-8-19(14-17)29-2/h3-8,13-14H,9-12,15H2,1-2H3,(H,24,27). The monoisotopic (exact) mass is 423 g/mol. The maximum absolute atomic E-state index is 12.7. The van der Waals surface area contributed by atoms with Gasteiger partial charge in [0.25, 0.3) is 5.91 Å². The van der Waals surface area contributed by atoms with Gasteiger partial charge >= 0.3 is 0 Å². The molecule has 0 spiro atoms. The molecule has 0 saturated heterocycles. The Morgan fingerprint density at radius 3 is 2.60 bits per heavy atom. The molecule has 1 aliphatic heterocycles. The Labute approximate surface area is 180 Å². The molecule has 0 unspecified atom stereocenters. The molecule has 30 heavy (non-hydrogen) atoms. The minimum absolute atomic E-state index is 0.172. The molecule has 1 aliphatic rings. The van der Waals surface area contributed by atoms with Crippen molar-refractivity contribution in [1.82, 2.24) is 9.88 Å². The third kappa shape index (κ3) is 4.80. The number of amides is 1. The van der Waals surface area contributed by atoms with Crippen LogP contribution in [-0.2, 0) is 19.4 Å². The molecule has 0 aliphatic carbocycles. The van der Waals surface area contributed by atoms with Gasteiger partial charge in [-0.1, -0.05) is 18.2 Å². The van der Waals surface area contributed by atoms with Crippen molar-refractivity contribution in [3.05, 3.63) is 69.7 Å². The number of fused-ring (bicyclic) bond motifs is 1. The number of aromatic nitrogens is 1. The molecule has 0 atom stereocenters. The summed E-state index contributed by atoms with van der Waals surface area (Å²) in [6.45, 7) is 2.75. The van der Waals surface area contributed by atoms with Crippen molar-refractivity contribution in [2.75, 3.05) is 32.6 Å². The van der Waals surface area contributed by atoms with Gasteiger partial charge in [0.05, 0.1) is 19.9 Å². The Morgan fingerprint density at radius 2 is 1.80 bits per heavy atom. The summed E-state index contributed by atoms with van der Waals surface area (Å²) in [6, 6.07) is 15.5. The number of benzene rings is 2. The third-order valence-corrected chi connectivity index (χ3v) is 6.32. The summed E-state index contributed by atoms with van der Waals surface area (Å²) in [5, 5.41) is 3.43. The van der Waals surface area contributed by atoms with Gasteiger partial charge in [0.2, 0.25) is 0 Å². The normalized spacial score (nSPS) is 13.9. The molecule has 6 nitrogen and oxygen atoms in total. The maximum atomic E-state index is 12.7. The number of hydrogen-bond donors (Lipinski definition) is 1. The largest absolute Gasteiger partial charge is 0.497 e. The van der Waals surface area contributed by atoms with Crippen LogP contribution in [0.1, 0.15) is 25.9 Å². The predicted molar refractivity (Wildman–Crippen MR) is 119 cm³/mol. The number of nitrogens with zero attached hydrogens (tertiary/aromatic N) is 2. The molecule has 1 amide bonds. The maximum Gasteiger partial charge on any atom is 0.284 e. The van der Waals surface area contributed by atoms with E-state index in [9.17, 15) is 4.79 Å². The van der Waals surface area contributed by atoms with Crippen LogP contribution < -0.4 is 14.8 Å². The smallest absolute Gasteiger partial charge is 0.284 e. The average Bonchev–Trinajstić information content (AvgIpc) is 3.10. The molecule has 4 rings (SSSR count). The highest BCUT2D eigenvalue weighted by Gasteiger charge is 2.21. The number of hydrogen-bond acceptors (Lipinski definition) is 6. The zero-order chi connectivity index (χ0) is 20.9. The predicted octanol–water partition coefficient (Wildman–Crippen LogP) is 4.01. The van der Waals surface area contributed by atoms with Crippen LogP contribution in [0.15, 0.2) is 48.5 Å². The van der Waals surface area contributed by atoms with Crippen molar-refractivity contribution in [1.29, 1.82) is 0 Å². The Hall–Kier alpha value is -2.90. The third-order valence-electron chi connectivity index (χ3n) is 5.16. The Morgan fingerprint density at radius 1 is 1.07 bits per heavy atom. The number of ether oxygens (including phenoxy) is 2. The number of thiazole rings is 1. The molecule has 2 aromatic carbocycles. The topological polar surface area (TPSA) is 63.7 Å². The van der Waals surface area contributed by atoms with Gasteiger partial charge in [0.1, 0.15) is 11.5 Å². The molecule has 7 heteroatoms. The first-order valence-electron chi connectivity index (χ1n) is 9.94. The average molecular weight is 424 g/mol. The lowest BCUT2D eigenvalue weighted by molar-refractivity contribution is 0.102. The SMILES string of the molecule is COc1cccc(CN2CCc3nc(C(=O)Nc4cccc(OC)c4)sc3CC2)c1. The van der Waals surface area contributed by atoms with E-state index in [4.69, 9.17) is 9.47 Å². The van der Waals surface area contributed by atoms with E-state index in [-0.39, 0.29) is 5.91 Å². The van der Waals surface area contributed by atoms with E-state index in [0.717, 1.165) is 43.9 Å². The Balaban J connectivity index is 1.39. The van der Waals surface area contributed by atoms with Crippen LogP contribution in [0.5, 0.6) is 11.5 Å². The second-order valence-electron chi connectivity index (χ2n) is 7.20. The quantitative estimate of drug-likeness (QED) is 0.649. The van der Waals surface area contributed by atoms with Crippen molar-refractivity contribution in [2.24, 2.45) is 0 Å². The summed E-state index contributed by atoms with van der Waals surface area (Å²) in [7, 11) is 3.30. The fraction of sp³-hybridized carbons (Fsp3) is 0.304. The summed E-state index contributed by atoms with van der Waals surface area (Å²) >= 11 is 1.50. The van der Waals surface area contributed by atoms with Crippen LogP contribution in [0.2, 0.25) is 0 Å². The highest BCUT2D eigenvalue weighted by Crippen LogP contribution is 2.25. The van der Waals surface area contributed by atoms with Gasteiger partial charge < -0.3 is 14.8 Å². The number of carbonyl (C=O) groups excluding carboxylic acids is 1. The van der Waals surface area contributed by atoms with Crippen LogP contribution in [0.25, 0.3) is 0 Å². The van der Waals surface area contributed by atoms with E-state index in [1.807, 2.05) is 30.3 Å².